The second-order valence-corrected chi connectivity index (χ2v) is 8.26. The van der Waals surface area contributed by atoms with Crippen molar-refractivity contribution in [3.63, 3.8) is 0 Å². The second-order valence-electron chi connectivity index (χ2n) is 7.21. The Morgan fingerprint density at radius 1 is 1.17 bits per heavy atom. The van der Waals surface area contributed by atoms with Crippen LogP contribution in [0.4, 0.5) is 14.5 Å². The molecule has 1 N–H and O–H groups in total. The molecular formula is C24H26F2N2OS. The highest BCUT2D eigenvalue weighted by atomic mass is 32.2. The first-order valence-electron chi connectivity index (χ1n) is 10.1. The molecule has 0 amide bonds. The van der Waals surface area contributed by atoms with Crippen LogP contribution in [0.5, 0.6) is 0 Å². The lowest BCUT2D eigenvalue weighted by molar-refractivity contribution is 0.320. The molecule has 3 rings (SSSR count). The van der Waals surface area contributed by atoms with Gasteiger partial charge in [0.05, 0.1) is 11.4 Å². The molecule has 0 heterocycles. The van der Waals surface area contributed by atoms with Crippen molar-refractivity contribution in [2.24, 2.45) is 10.9 Å². The molecule has 1 unspecified atom stereocenters. The minimum absolute atomic E-state index is 0.151. The minimum atomic E-state index is -0.911. The van der Waals surface area contributed by atoms with Gasteiger partial charge in [-0.3, -0.25) is 0 Å². The van der Waals surface area contributed by atoms with Gasteiger partial charge in [-0.25, -0.2) is 13.8 Å². The van der Waals surface area contributed by atoms with Crippen LogP contribution in [-0.2, 0) is 0 Å². The molecule has 0 fully saturated rings. The van der Waals surface area contributed by atoms with Crippen molar-refractivity contribution in [1.29, 1.82) is 0 Å². The predicted octanol–water partition coefficient (Wildman–Crippen LogP) is 6.86. The molecule has 0 saturated heterocycles. The Morgan fingerprint density at radius 2 is 1.97 bits per heavy atom. The monoisotopic (exact) mass is 428 g/mol. The van der Waals surface area contributed by atoms with Crippen molar-refractivity contribution in [3.05, 3.63) is 84.2 Å². The van der Waals surface area contributed by atoms with Crippen LogP contribution in [0.2, 0.25) is 0 Å². The molecule has 30 heavy (non-hydrogen) atoms. The van der Waals surface area contributed by atoms with Gasteiger partial charge in [0, 0.05) is 36.4 Å². The van der Waals surface area contributed by atoms with E-state index < -0.39 is 11.6 Å². The van der Waals surface area contributed by atoms with E-state index in [2.05, 4.69) is 17.9 Å². The number of halogens is 2. The van der Waals surface area contributed by atoms with Crippen LogP contribution >= 0.6 is 11.8 Å². The Hall–Kier alpha value is -2.60. The van der Waals surface area contributed by atoms with Crippen molar-refractivity contribution in [1.82, 2.24) is 4.90 Å². The van der Waals surface area contributed by atoms with Gasteiger partial charge in [0.15, 0.2) is 16.8 Å². The smallest absolute Gasteiger partial charge is 0.169 e. The molecule has 2 aromatic carbocycles. The van der Waals surface area contributed by atoms with Crippen molar-refractivity contribution in [3.8, 4) is 0 Å². The molecule has 1 atom stereocenters. The van der Waals surface area contributed by atoms with Crippen molar-refractivity contribution in [2.45, 2.75) is 31.1 Å². The Kier molecular flexibility index (Phi) is 8.08. The number of aliphatic imine (C=N–C) groups is 1. The Balaban J connectivity index is 1.92. The molecule has 0 radical (unpaired) electrons. The molecule has 1 aliphatic carbocycles. The van der Waals surface area contributed by atoms with E-state index in [1.165, 1.54) is 17.8 Å². The SMILES string of the molecule is CCCCN(CC1C=CC=C(O)C1)C(=Nc1ccc(F)c(F)c1)Sc1ccccc1. The van der Waals surface area contributed by atoms with Gasteiger partial charge in [-0.15, -0.1) is 0 Å². The number of allylic oxidation sites excluding steroid dienone is 3. The summed E-state index contributed by atoms with van der Waals surface area (Å²) in [4.78, 5) is 7.88. The van der Waals surface area contributed by atoms with Crippen LogP contribution in [-0.4, -0.2) is 28.3 Å². The van der Waals surface area contributed by atoms with E-state index >= 15 is 0 Å². The summed E-state index contributed by atoms with van der Waals surface area (Å²) in [6, 6.07) is 13.6. The van der Waals surface area contributed by atoms with Gasteiger partial charge < -0.3 is 10.0 Å². The quantitative estimate of drug-likeness (QED) is 0.297. The van der Waals surface area contributed by atoms with Crippen LogP contribution in [0.3, 0.4) is 0 Å². The summed E-state index contributed by atoms with van der Waals surface area (Å²) in [6.45, 7) is 3.59. The number of thioether (sulfide) groups is 1. The lowest BCUT2D eigenvalue weighted by Crippen LogP contribution is -2.34. The van der Waals surface area contributed by atoms with Gasteiger partial charge in [0.25, 0.3) is 0 Å². The molecule has 6 heteroatoms. The fourth-order valence-corrected chi connectivity index (χ4v) is 4.12. The topological polar surface area (TPSA) is 35.8 Å². The highest BCUT2D eigenvalue weighted by molar-refractivity contribution is 8.13. The van der Waals surface area contributed by atoms with E-state index in [0.717, 1.165) is 41.6 Å². The lowest BCUT2D eigenvalue weighted by atomic mass is 9.99. The number of nitrogens with zero attached hydrogens (tertiary/aromatic N) is 2. The minimum Gasteiger partial charge on any atom is -0.512 e. The van der Waals surface area contributed by atoms with Gasteiger partial charge in [-0.1, -0.05) is 55.5 Å². The van der Waals surface area contributed by atoms with Crippen LogP contribution in [0, 0.1) is 17.6 Å². The van der Waals surface area contributed by atoms with Crippen molar-refractivity contribution < 1.29 is 13.9 Å². The predicted molar refractivity (Wildman–Crippen MR) is 120 cm³/mol. The number of unbranched alkanes of at least 4 members (excludes halogenated alkanes) is 1. The Bertz CT molecular complexity index is 928. The summed E-state index contributed by atoms with van der Waals surface area (Å²) in [7, 11) is 0. The van der Waals surface area contributed by atoms with Gasteiger partial charge in [0.2, 0.25) is 0 Å². The zero-order valence-electron chi connectivity index (χ0n) is 17.0. The van der Waals surface area contributed by atoms with Crippen molar-refractivity contribution in [2.75, 3.05) is 13.1 Å². The maximum absolute atomic E-state index is 13.8. The molecule has 158 valence electrons. The normalized spacial score (nSPS) is 16.4. The summed E-state index contributed by atoms with van der Waals surface area (Å²) in [5.41, 5.74) is 0.371. The average molecular weight is 429 g/mol. The number of amidine groups is 1. The van der Waals surface area contributed by atoms with Gasteiger partial charge >= 0.3 is 0 Å². The molecule has 0 bridgehead atoms. The second kappa shape index (κ2) is 11.0. The van der Waals surface area contributed by atoms with E-state index in [4.69, 9.17) is 4.99 Å². The van der Waals surface area contributed by atoms with Crippen molar-refractivity contribution >= 4 is 22.6 Å². The van der Waals surface area contributed by atoms with E-state index in [9.17, 15) is 13.9 Å². The van der Waals surface area contributed by atoms with E-state index in [0.29, 0.717) is 24.4 Å². The van der Waals surface area contributed by atoms with E-state index in [-0.39, 0.29) is 5.92 Å². The maximum atomic E-state index is 13.8. The third-order valence-corrected chi connectivity index (χ3v) is 5.77. The fraction of sp³-hybridized carbons (Fsp3) is 0.292. The summed E-state index contributed by atoms with van der Waals surface area (Å²) in [6.07, 6.45) is 8.25. The number of hydrogen-bond donors (Lipinski definition) is 1. The molecule has 0 spiro atoms. The molecule has 0 saturated carbocycles. The first kappa shape index (κ1) is 22.1. The molecule has 2 aromatic rings. The molecule has 0 aliphatic heterocycles. The number of aliphatic hydroxyl groups excluding tert-OH is 1. The summed E-state index contributed by atoms with van der Waals surface area (Å²) < 4.78 is 27.1. The van der Waals surface area contributed by atoms with Gasteiger partial charge in [-0.2, -0.15) is 0 Å². The molecule has 3 nitrogen and oxygen atoms in total. The van der Waals surface area contributed by atoms with Crippen LogP contribution in [0.25, 0.3) is 0 Å². The number of hydrogen-bond acceptors (Lipinski definition) is 3. The third kappa shape index (κ3) is 6.46. The Labute approximate surface area is 180 Å². The number of rotatable bonds is 7. The first-order chi connectivity index (χ1) is 14.5. The van der Waals surface area contributed by atoms with Gasteiger partial charge in [-0.05, 0) is 36.8 Å². The van der Waals surface area contributed by atoms with E-state index in [1.807, 2.05) is 36.4 Å². The lowest BCUT2D eigenvalue weighted by Gasteiger charge is -2.29. The Morgan fingerprint density at radius 3 is 2.67 bits per heavy atom. The highest BCUT2D eigenvalue weighted by Crippen LogP contribution is 2.28. The zero-order chi connectivity index (χ0) is 21.3. The largest absolute Gasteiger partial charge is 0.512 e. The standard InChI is InChI=1S/C24H26F2N2OS/c1-2-3-14-28(17-18-8-7-9-20(29)15-18)24(30-21-10-5-4-6-11-21)27-19-12-13-22(25)23(26)16-19/h4-13,16,18,29H,2-3,14-15,17H2,1H3. The first-order valence-corrected chi connectivity index (χ1v) is 10.9. The van der Waals surface area contributed by atoms with Crippen LogP contribution in [0.15, 0.2) is 82.4 Å². The number of benzene rings is 2. The summed E-state index contributed by atoms with van der Waals surface area (Å²) in [5.74, 6) is -1.28. The molecule has 0 aromatic heterocycles. The van der Waals surface area contributed by atoms with E-state index in [1.54, 1.807) is 6.08 Å². The zero-order valence-corrected chi connectivity index (χ0v) is 17.8. The van der Waals surface area contributed by atoms with Crippen LogP contribution in [0.1, 0.15) is 26.2 Å². The summed E-state index contributed by atoms with van der Waals surface area (Å²) >= 11 is 1.50. The van der Waals surface area contributed by atoms with Crippen LogP contribution < -0.4 is 0 Å². The third-order valence-electron chi connectivity index (χ3n) is 4.73. The molecule has 1 aliphatic rings. The van der Waals surface area contributed by atoms with Gasteiger partial charge in [0.1, 0.15) is 0 Å². The molecular weight excluding hydrogens is 402 g/mol. The number of aliphatic hydroxyl groups is 1. The fourth-order valence-electron chi connectivity index (χ4n) is 3.17. The average Bonchev–Trinajstić information content (AvgIpc) is 2.74. The summed E-state index contributed by atoms with van der Waals surface area (Å²) in [5, 5.41) is 10.6. The highest BCUT2D eigenvalue weighted by Gasteiger charge is 2.20. The maximum Gasteiger partial charge on any atom is 0.169 e.